The van der Waals surface area contributed by atoms with Crippen LogP contribution in [0.1, 0.15) is 39.7 Å². The highest BCUT2D eigenvalue weighted by Gasteiger charge is 2.15. The van der Waals surface area contributed by atoms with Gasteiger partial charge in [-0.2, -0.15) is 0 Å². The van der Waals surface area contributed by atoms with Crippen LogP contribution in [0.5, 0.6) is 0 Å². The molecule has 1 aromatic heterocycles. The third kappa shape index (κ3) is 3.70. The first-order valence-electron chi connectivity index (χ1n) is 6.65. The molecule has 0 saturated carbocycles. The molecule has 0 aliphatic carbocycles. The minimum Gasteiger partial charge on any atom is -0.354 e. The first-order chi connectivity index (χ1) is 8.24. The highest BCUT2D eigenvalue weighted by Crippen LogP contribution is 2.20. The van der Waals surface area contributed by atoms with Crippen LogP contribution in [0.4, 0.5) is 5.82 Å². The first kappa shape index (κ1) is 14.0. The average molecular weight is 235 g/mol. The van der Waals surface area contributed by atoms with E-state index in [0.717, 1.165) is 31.9 Å². The fourth-order valence-electron chi connectivity index (χ4n) is 1.98. The molecule has 0 bridgehead atoms. The number of anilines is 1. The molecule has 0 fully saturated rings. The van der Waals surface area contributed by atoms with E-state index in [0.29, 0.717) is 6.04 Å². The molecule has 1 heterocycles. The minimum atomic E-state index is 0.537. The molecule has 0 aromatic carbocycles. The van der Waals surface area contributed by atoms with Crippen LogP contribution in [0.25, 0.3) is 0 Å². The van der Waals surface area contributed by atoms with E-state index in [9.17, 15) is 0 Å². The Kier molecular flexibility index (Phi) is 5.98. The monoisotopic (exact) mass is 235 g/mol. The van der Waals surface area contributed by atoms with Gasteiger partial charge in [0.2, 0.25) is 0 Å². The molecule has 0 aliphatic heterocycles. The number of pyridine rings is 1. The van der Waals surface area contributed by atoms with Crippen LogP contribution >= 0.6 is 0 Å². The molecule has 1 atom stereocenters. The Hall–Kier alpha value is -1.09. The molecule has 0 aliphatic rings. The molecule has 0 spiro atoms. The molecule has 96 valence electrons. The minimum absolute atomic E-state index is 0.537. The van der Waals surface area contributed by atoms with Crippen LogP contribution in [0.3, 0.4) is 0 Å². The maximum absolute atomic E-state index is 4.56. The Balaban J connectivity index is 2.93. The molecule has 0 radical (unpaired) electrons. The Labute approximate surface area is 105 Å². The molecular weight excluding hydrogens is 210 g/mol. The van der Waals surface area contributed by atoms with Crippen LogP contribution < -0.4 is 10.2 Å². The van der Waals surface area contributed by atoms with Crippen molar-refractivity contribution in [1.29, 1.82) is 0 Å². The molecule has 1 rings (SSSR count). The van der Waals surface area contributed by atoms with Crippen molar-refractivity contribution in [3.05, 3.63) is 23.9 Å². The molecule has 3 heteroatoms. The Morgan fingerprint density at radius 3 is 2.71 bits per heavy atom. The summed E-state index contributed by atoms with van der Waals surface area (Å²) in [6, 6.07) is 4.71. The number of nitrogens with zero attached hydrogens (tertiary/aromatic N) is 2. The summed E-state index contributed by atoms with van der Waals surface area (Å²) >= 11 is 0. The van der Waals surface area contributed by atoms with Gasteiger partial charge in [-0.1, -0.05) is 19.9 Å². The van der Waals surface area contributed by atoms with Gasteiger partial charge in [-0.15, -0.1) is 0 Å². The average Bonchev–Trinajstić information content (AvgIpc) is 2.38. The number of aromatic nitrogens is 1. The fourth-order valence-corrected chi connectivity index (χ4v) is 1.98. The summed E-state index contributed by atoms with van der Waals surface area (Å²) < 4.78 is 0. The molecule has 1 unspecified atom stereocenters. The zero-order chi connectivity index (χ0) is 12.7. The second-order valence-corrected chi connectivity index (χ2v) is 4.31. The van der Waals surface area contributed by atoms with Crippen LogP contribution in [0.2, 0.25) is 0 Å². The van der Waals surface area contributed by atoms with Crippen LogP contribution in [0, 0.1) is 0 Å². The highest BCUT2D eigenvalue weighted by atomic mass is 15.2. The standard InChI is InChI=1S/C14H25N3/c1-5-12(4)17(7-3)14-13(11-15-6-2)9-8-10-16-14/h8-10,12,15H,5-7,11H2,1-4H3. The van der Waals surface area contributed by atoms with E-state index in [1.54, 1.807) is 0 Å². The van der Waals surface area contributed by atoms with Crippen LogP contribution in [-0.2, 0) is 6.54 Å². The van der Waals surface area contributed by atoms with Gasteiger partial charge in [-0.05, 0) is 32.9 Å². The van der Waals surface area contributed by atoms with Gasteiger partial charge < -0.3 is 10.2 Å². The van der Waals surface area contributed by atoms with E-state index in [2.05, 4.69) is 49.0 Å². The largest absolute Gasteiger partial charge is 0.354 e. The van der Waals surface area contributed by atoms with Crippen molar-refractivity contribution in [2.24, 2.45) is 0 Å². The second-order valence-electron chi connectivity index (χ2n) is 4.31. The third-order valence-electron chi connectivity index (χ3n) is 3.17. The van der Waals surface area contributed by atoms with E-state index in [1.807, 2.05) is 12.3 Å². The van der Waals surface area contributed by atoms with E-state index in [4.69, 9.17) is 0 Å². The van der Waals surface area contributed by atoms with Gasteiger partial charge in [-0.3, -0.25) is 0 Å². The lowest BCUT2D eigenvalue weighted by molar-refractivity contribution is 0.615. The summed E-state index contributed by atoms with van der Waals surface area (Å²) in [5.41, 5.74) is 1.29. The van der Waals surface area contributed by atoms with Crippen molar-refractivity contribution in [3.63, 3.8) is 0 Å². The predicted molar refractivity (Wildman–Crippen MR) is 74.4 cm³/mol. The summed E-state index contributed by atoms with van der Waals surface area (Å²) in [6.07, 6.45) is 3.03. The normalized spacial score (nSPS) is 12.5. The molecule has 0 amide bonds. The summed E-state index contributed by atoms with van der Waals surface area (Å²) in [4.78, 5) is 6.94. The molecule has 1 N–H and O–H groups in total. The zero-order valence-corrected chi connectivity index (χ0v) is 11.5. The summed E-state index contributed by atoms with van der Waals surface area (Å²) in [7, 11) is 0. The summed E-state index contributed by atoms with van der Waals surface area (Å²) in [6.45, 7) is 11.7. The van der Waals surface area contributed by atoms with Crippen molar-refractivity contribution < 1.29 is 0 Å². The van der Waals surface area contributed by atoms with Gasteiger partial charge in [0.15, 0.2) is 0 Å². The van der Waals surface area contributed by atoms with Crippen molar-refractivity contribution in [3.8, 4) is 0 Å². The van der Waals surface area contributed by atoms with E-state index in [1.165, 1.54) is 5.56 Å². The van der Waals surface area contributed by atoms with Gasteiger partial charge in [0, 0.05) is 30.9 Å². The highest BCUT2D eigenvalue weighted by molar-refractivity contribution is 5.47. The van der Waals surface area contributed by atoms with E-state index < -0.39 is 0 Å². The molecule has 3 nitrogen and oxygen atoms in total. The number of nitrogens with one attached hydrogen (secondary N) is 1. The SMILES string of the molecule is CCNCc1cccnc1N(CC)C(C)CC. The lowest BCUT2D eigenvalue weighted by Crippen LogP contribution is -2.34. The quantitative estimate of drug-likeness (QED) is 0.787. The number of hydrogen-bond acceptors (Lipinski definition) is 3. The predicted octanol–water partition coefficient (Wildman–Crippen LogP) is 2.82. The smallest absolute Gasteiger partial charge is 0.133 e. The van der Waals surface area contributed by atoms with Crippen LogP contribution in [-0.4, -0.2) is 24.1 Å². The van der Waals surface area contributed by atoms with E-state index >= 15 is 0 Å². The topological polar surface area (TPSA) is 28.2 Å². The second kappa shape index (κ2) is 7.28. The van der Waals surface area contributed by atoms with Gasteiger partial charge in [-0.25, -0.2) is 4.98 Å². The van der Waals surface area contributed by atoms with Crippen LogP contribution in [0.15, 0.2) is 18.3 Å². The van der Waals surface area contributed by atoms with Gasteiger partial charge >= 0.3 is 0 Å². The van der Waals surface area contributed by atoms with Crippen molar-refractivity contribution >= 4 is 5.82 Å². The molecule has 1 aromatic rings. The van der Waals surface area contributed by atoms with Gasteiger partial charge in [0.25, 0.3) is 0 Å². The van der Waals surface area contributed by atoms with Crippen molar-refractivity contribution in [1.82, 2.24) is 10.3 Å². The lowest BCUT2D eigenvalue weighted by Gasteiger charge is -2.30. The Bertz CT molecular complexity index is 325. The molecular formula is C14H25N3. The number of rotatable bonds is 7. The summed E-state index contributed by atoms with van der Waals surface area (Å²) in [5.74, 6) is 1.13. The number of hydrogen-bond donors (Lipinski definition) is 1. The Morgan fingerprint density at radius 2 is 2.12 bits per heavy atom. The van der Waals surface area contributed by atoms with Crippen molar-refractivity contribution in [2.45, 2.75) is 46.7 Å². The van der Waals surface area contributed by atoms with Gasteiger partial charge in [0.1, 0.15) is 5.82 Å². The van der Waals surface area contributed by atoms with Gasteiger partial charge in [0.05, 0.1) is 0 Å². The lowest BCUT2D eigenvalue weighted by atomic mass is 10.1. The van der Waals surface area contributed by atoms with Crippen molar-refractivity contribution in [2.75, 3.05) is 18.0 Å². The fraction of sp³-hybridized carbons (Fsp3) is 0.643. The summed E-state index contributed by atoms with van der Waals surface area (Å²) in [5, 5.41) is 3.37. The third-order valence-corrected chi connectivity index (χ3v) is 3.17. The molecule has 0 saturated heterocycles. The maximum atomic E-state index is 4.56. The molecule has 17 heavy (non-hydrogen) atoms. The first-order valence-corrected chi connectivity index (χ1v) is 6.65. The maximum Gasteiger partial charge on any atom is 0.133 e. The zero-order valence-electron chi connectivity index (χ0n) is 11.5. The van der Waals surface area contributed by atoms with E-state index in [-0.39, 0.29) is 0 Å². The Morgan fingerprint density at radius 1 is 1.35 bits per heavy atom.